The molecule has 1 N–H and O–H groups in total. The largest absolute Gasteiger partial charge is 0.300 e. The van der Waals surface area contributed by atoms with Crippen molar-refractivity contribution in [3.63, 3.8) is 0 Å². The van der Waals surface area contributed by atoms with Gasteiger partial charge in [0.15, 0.2) is 0 Å². The number of anilines is 1. The third kappa shape index (κ3) is 5.94. The van der Waals surface area contributed by atoms with E-state index in [4.69, 9.17) is 11.6 Å². The van der Waals surface area contributed by atoms with E-state index in [0.29, 0.717) is 10.9 Å². The van der Waals surface area contributed by atoms with Crippen LogP contribution in [0.5, 0.6) is 0 Å². The summed E-state index contributed by atoms with van der Waals surface area (Å²) in [4.78, 5) is 11.9. The van der Waals surface area contributed by atoms with Crippen LogP contribution in [0.15, 0.2) is 24.3 Å². The third-order valence-corrected chi connectivity index (χ3v) is 4.99. The highest BCUT2D eigenvalue weighted by molar-refractivity contribution is 7.99. The van der Waals surface area contributed by atoms with Gasteiger partial charge in [0.2, 0.25) is 11.0 Å². The molecule has 0 spiro atoms. The van der Waals surface area contributed by atoms with Gasteiger partial charge >= 0.3 is 0 Å². The van der Waals surface area contributed by atoms with Crippen LogP contribution in [0, 0.1) is 0 Å². The molecule has 0 aliphatic carbocycles. The Labute approximate surface area is 143 Å². The van der Waals surface area contributed by atoms with Gasteiger partial charge in [-0.2, -0.15) is 0 Å². The van der Waals surface area contributed by atoms with Gasteiger partial charge in [0, 0.05) is 17.2 Å². The molecule has 2 rings (SSSR count). The van der Waals surface area contributed by atoms with Gasteiger partial charge in [-0.1, -0.05) is 48.4 Å². The molecule has 1 aromatic carbocycles. The summed E-state index contributed by atoms with van der Waals surface area (Å²) in [6.45, 7) is 2.14. The topological polar surface area (TPSA) is 54.9 Å². The van der Waals surface area contributed by atoms with Gasteiger partial charge in [0.25, 0.3) is 0 Å². The number of carbonyl (C=O) groups excluding carboxylic acids is 1. The van der Waals surface area contributed by atoms with E-state index in [9.17, 15) is 4.79 Å². The number of carbonyl (C=O) groups is 1. The van der Waals surface area contributed by atoms with E-state index in [0.717, 1.165) is 40.6 Å². The number of benzene rings is 1. The van der Waals surface area contributed by atoms with Crippen LogP contribution in [0.2, 0.25) is 5.02 Å². The van der Waals surface area contributed by atoms with Crippen molar-refractivity contribution < 1.29 is 4.79 Å². The molecule has 0 saturated carbocycles. The second kappa shape index (κ2) is 9.12. The third-order valence-electron chi connectivity index (χ3n) is 2.85. The van der Waals surface area contributed by atoms with Crippen molar-refractivity contribution in [3.8, 4) is 0 Å². The number of aryl methyl sites for hydroxylation is 1. The zero-order valence-electron chi connectivity index (χ0n) is 12.3. The number of halogens is 1. The Kier molecular flexibility index (Phi) is 7.15. The fourth-order valence-electron chi connectivity index (χ4n) is 1.78. The number of hydrogen-bond acceptors (Lipinski definition) is 5. The highest BCUT2D eigenvalue weighted by atomic mass is 35.5. The lowest BCUT2D eigenvalue weighted by atomic mass is 10.2. The number of aromatic nitrogens is 2. The fourth-order valence-corrected chi connectivity index (χ4v) is 3.56. The van der Waals surface area contributed by atoms with E-state index >= 15 is 0 Å². The van der Waals surface area contributed by atoms with Crippen molar-refractivity contribution >= 4 is 45.7 Å². The highest BCUT2D eigenvalue weighted by Crippen LogP contribution is 2.19. The summed E-state index contributed by atoms with van der Waals surface area (Å²) in [6, 6.07) is 7.67. The number of nitrogens with one attached hydrogen (secondary N) is 1. The molecule has 0 unspecified atom stereocenters. The van der Waals surface area contributed by atoms with Gasteiger partial charge in [-0.05, 0) is 24.1 Å². The van der Waals surface area contributed by atoms with Crippen LogP contribution < -0.4 is 5.32 Å². The SMILES string of the molecule is CCCCc1nnc(NC(=O)CSCc2cccc(Cl)c2)s1. The first-order valence-electron chi connectivity index (χ1n) is 7.12. The Bertz CT molecular complexity index is 618. The van der Waals surface area contributed by atoms with Crippen molar-refractivity contribution in [3.05, 3.63) is 39.9 Å². The highest BCUT2D eigenvalue weighted by Gasteiger charge is 2.08. The quantitative estimate of drug-likeness (QED) is 0.762. The molecule has 0 aliphatic heterocycles. The van der Waals surface area contributed by atoms with Crippen molar-refractivity contribution in [2.75, 3.05) is 11.1 Å². The predicted octanol–water partition coefficient (Wildman–Crippen LogP) is 4.41. The van der Waals surface area contributed by atoms with Crippen molar-refractivity contribution in [2.24, 2.45) is 0 Å². The van der Waals surface area contributed by atoms with Crippen LogP contribution in [-0.2, 0) is 17.0 Å². The smallest absolute Gasteiger partial charge is 0.236 e. The Morgan fingerprint density at radius 1 is 1.41 bits per heavy atom. The average molecular weight is 356 g/mol. The number of nitrogens with zero attached hydrogens (tertiary/aromatic N) is 2. The molecular formula is C15H18ClN3OS2. The Balaban J connectivity index is 1.72. The summed E-state index contributed by atoms with van der Waals surface area (Å²) in [5.74, 6) is 1.09. The van der Waals surface area contributed by atoms with Gasteiger partial charge < -0.3 is 0 Å². The normalized spacial score (nSPS) is 10.6. The van der Waals surface area contributed by atoms with Crippen LogP contribution in [0.25, 0.3) is 0 Å². The molecule has 118 valence electrons. The van der Waals surface area contributed by atoms with Gasteiger partial charge in [-0.3, -0.25) is 10.1 Å². The van der Waals surface area contributed by atoms with Crippen molar-refractivity contribution in [1.29, 1.82) is 0 Å². The summed E-state index contributed by atoms with van der Waals surface area (Å²) in [5.41, 5.74) is 1.11. The van der Waals surface area contributed by atoms with Gasteiger partial charge in [-0.25, -0.2) is 0 Å². The molecule has 0 atom stereocenters. The van der Waals surface area contributed by atoms with Crippen molar-refractivity contribution in [2.45, 2.75) is 31.9 Å². The van der Waals surface area contributed by atoms with Crippen LogP contribution >= 0.6 is 34.7 Å². The van der Waals surface area contributed by atoms with Gasteiger partial charge in [-0.15, -0.1) is 22.0 Å². The Morgan fingerprint density at radius 2 is 2.27 bits per heavy atom. The van der Waals surface area contributed by atoms with E-state index in [-0.39, 0.29) is 5.91 Å². The maximum Gasteiger partial charge on any atom is 0.236 e. The molecule has 1 heterocycles. The first-order chi connectivity index (χ1) is 10.7. The maximum atomic E-state index is 11.9. The number of rotatable bonds is 8. The first kappa shape index (κ1) is 17.2. The molecule has 2 aromatic rings. The zero-order chi connectivity index (χ0) is 15.8. The van der Waals surface area contributed by atoms with Crippen LogP contribution in [0.1, 0.15) is 30.3 Å². The second-order valence-corrected chi connectivity index (χ2v) is 7.26. The molecule has 0 saturated heterocycles. The summed E-state index contributed by atoms with van der Waals surface area (Å²) in [5, 5.41) is 13.1. The summed E-state index contributed by atoms with van der Waals surface area (Å²) in [7, 11) is 0. The van der Waals surface area contributed by atoms with Crippen molar-refractivity contribution in [1.82, 2.24) is 10.2 Å². The average Bonchev–Trinajstić information content (AvgIpc) is 2.92. The monoisotopic (exact) mass is 355 g/mol. The van der Waals surface area contributed by atoms with Gasteiger partial charge in [0.05, 0.1) is 5.75 Å². The molecule has 22 heavy (non-hydrogen) atoms. The second-order valence-electron chi connectivity index (χ2n) is 4.78. The van der Waals surface area contributed by atoms with Crippen LogP contribution in [-0.4, -0.2) is 21.9 Å². The van der Waals surface area contributed by atoms with Crippen LogP contribution in [0.3, 0.4) is 0 Å². The lowest BCUT2D eigenvalue weighted by Crippen LogP contribution is -2.13. The number of unbranched alkanes of at least 4 members (excludes halogenated alkanes) is 1. The van der Waals surface area contributed by atoms with Gasteiger partial charge in [0.1, 0.15) is 5.01 Å². The Morgan fingerprint density at radius 3 is 3.05 bits per heavy atom. The Hall–Kier alpha value is -1.11. The van der Waals surface area contributed by atoms with E-state index in [1.807, 2.05) is 24.3 Å². The van der Waals surface area contributed by atoms with E-state index < -0.39 is 0 Å². The number of thioether (sulfide) groups is 1. The lowest BCUT2D eigenvalue weighted by Gasteiger charge is -2.02. The molecular weight excluding hydrogens is 338 g/mol. The number of hydrogen-bond donors (Lipinski definition) is 1. The minimum absolute atomic E-state index is 0.0507. The minimum atomic E-state index is -0.0507. The zero-order valence-corrected chi connectivity index (χ0v) is 14.7. The molecule has 0 fully saturated rings. The minimum Gasteiger partial charge on any atom is -0.300 e. The first-order valence-corrected chi connectivity index (χ1v) is 9.46. The van der Waals surface area contributed by atoms with E-state index in [1.54, 1.807) is 11.8 Å². The number of amides is 1. The molecule has 0 radical (unpaired) electrons. The molecule has 4 nitrogen and oxygen atoms in total. The summed E-state index contributed by atoms with van der Waals surface area (Å²) >= 11 is 8.93. The maximum absolute atomic E-state index is 11.9. The fraction of sp³-hybridized carbons (Fsp3) is 0.400. The molecule has 0 aliphatic rings. The molecule has 1 amide bonds. The van der Waals surface area contributed by atoms with E-state index in [2.05, 4.69) is 22.4 Å². The van der Waals surface area contributed by atoms with Crippen LogP contribution in [0.4, 0.5) is 5.13 Å². The molecule has 1 aromatic heterocycles. The summed E-state index contributed by atoms with van der Waals surface area (Å²) < 4.78 is 0. The predicted molar refractivity (Wildman–Crippen MR) is 94.8 cm³/mol. The standard InChI is InChI=1S/C15H18ClN3OS2/c1-2-3-7-14-18-19-15(22-14)17-13(20)10-21-9-11-5-4-6-12(16)8-11/h4-6,8H,2-3,7,9-10H2,1H3,(H,17,19,20). The summed E-state index contributed by atoms with van der Waals surface area (Å²) in [6.07, 6.45) is 3.15. The lowest BCUT2D eigenvalue weighted by molar-refractivity contribution is -0.113. The van der Waals surface area contributed by atoms with E-state index in [1.165, 1.54) is 11.3 Å². The molecule has 7 heteroatoms. The molecule has 0 bridgehead atoms.